The molecule has 0 radical (unpaired) electrons. The number of tetrazole rings is 1. The molecule has 2 N–H and O–H groups in total. The molecule has 1 aliphatic rings. The van der Waals surface area contributed by atoms with E-state index in [0.717, 1.165) is 18.4 Å². The zero-order valence-corrected chi connectivity index (χ0v) is 15.5. The van der Waals surface area contributed by atoms with E-state index >= 15 is 0 Å². The Kier molecular flexibility index (Phi) is 5.43. The summed E-state index contributed by atoms with van der Waals surface area (Å²) in [6.07, 6.45) is 1.86. The fourth-order valence-electron chi connectivity index (χ4n) is 3.82. The first-order chi connectivity index (χ1) is 13.7. The molecule has 7 nitrogen and oxygen atoms in total. The standard InChI is InChI=1S/C21H23N5O2/c27-19(14-15-6-2-1-3-7-15)16-10-12-26(13-11-16)21(28)18-9-5-4-8-17(18)20-22-24-25-23-20/h1-9,16,19,27H,10-14H2,(H,22,23,24,25)/t19-/m0/s1. The maximum atomic E-state index is 13.1. The molecule has 144 valence electrons. The lowest BCUT2D eigenvalue weighted by molar-refractivity contribution is 0.0468. The predicted octanol–water partition coefficient (Wildman–Crippen LogP) is 2.32. The SMILES string of the molecule is O=C(c1ccccc1-c1nn[nH]n1)N1CCC([C@@H](O)Cc2ccccc2)CC1. The van der Waals surface area contributed by atoms with Crippen LogP contribution in [0.25, 0.3) is 11.4 Å². The third-order valence-electron chi connectivity index (χ3n) is 5.40. The molecule has 0 spiro atoms. The van der Waals surface area contributed by atoms with Crippen LogP contribution in [0, 0.1) is 5.92 Å². The molecule has 0 bridgehead atoms. The number of aliphatic hydroxyl groups is 1. The van der Waals surface area contributed by atoms with E-state index in [-0.39, 0.29) is 17.9 Å². The molecule has 0 unspecified atom stereocenters. The summed E-state index contributed by atoms with van der Waals surface area (Å²) in [4.78, 5) is 14.9. The number of hydrogen-bond acceptors (Lipinski definition) is 5. The fourth-order valence-corrected chi connectivity index (χ4v) is 3.82. The van der Waals surface area contributed by atoms with Crippen LogP contribution < -0.4 is 0 Å². The van der Waals surface area contributed by atoms with E-state index in [1.807, 2.05) is 53.4 Å². The highest BCUT2D eigenvalue weighted by Crippen LogP contribution is 2.26. The molecule has 3 aromatic rings. The summed E-state index contributed by atoms with van der Waals surface area (Å²) in [6, 6.07) is 17.4. The van der Waals surface area contributed by atoms with Gasteiger partial charge in [-0.15, -0.1) is 10.2 Å². The Morgan fingerprint density at radius 1 is 1.11 bits per heavy atom. The second kappa shape index (κ2) is 8.31. The number of likely N-dealkylation sites (tertiary alicyclic amines) is 1. The minimum absolute atomic E-state index is 0.0311. The van der Waals surface area contributed by atoms with Crippen molar-refractivity contribution in [2.45, 2.75) is 25.4 Å². The van der Waals surface area contributed by atoms with E-state index in [0.29, 0.717) is 36.5 Å². The number of aromatic amines is 1. The molecule has 2 heterocycles. The second-order valence-electron chi connectivity index (χ2n) is 7.17. The van der Waals surface area contributed by atoms with Crippen molar-refractivity contribution >= 4 is 5.91 Å². The van der Waals surface area contributed by atoms with Gasteiger partial charge in [0.25, 0.3) is 5.91 Å². The summed E-state index contributed by atoms with van der Waals surface area (Å²) in [7, 11) is 0. The van der Waals surface area contributed by atoms with Crippen LogP contribution in [0.1, 0.15) is 28.8 Å². The lowest BCUT2D eigenvalue weighted by Gasteiger charge is -2.34. The number of amides is 1. The van der Waals surface area contributed by atoms with E-state index in [1.54, 1.807) is 6.07 Å². The van der Waals surface area contributed by atoms with Crippen molar-refractivity contribution in [3.8, 4) is 11.4 Å². The number of carbonyl (C=O) groups is 1. The number of piperidine rings is 1. The molecular formula is C21H23N5O2. The van der Waals surface area contributed by atoms with Crippen molar-refractivity contribution in [1.82, 2.24) is 25.5 Å². The summed E-state index contributed by atoms with van der Waals surface area (Å²) >= 11 is 0. The first-order valence-corrected chi connectivity index (χ1v) is 9.56. The average molecular weight is 377 g/mol. The first-order valence-electron chi connectivity index (χ1n) is 9.56. The van der Waals surface area contributed by atoms with E-state index < -0.39 is 0 Å². The van der Waals surface area contributed by atoms with Gasteiger partial charge in [-0.05, 0) is 42.0 Å². The summed E-state index contributed by atoms with van der Waals surface area (Å²) in [6.45, 7) is 1.27. The van der Waals surface area contributed by atoms with Crippen LogP contribution in [0.4, 0.5) is 0 Å². The number of aliphatic hydroxyl groups excluding tert-OH is 1. The number of nitrogens with zero attached hydrogens (tertiary/aromatic N) is 4. The molecule has 0 saturated carbocycles. The molecule has 7 heteroatoms. The molecule has 1 amide bonds. The minimum atomic E-state index is -0.383. The maximum Gasteiger partial charge on any atom is 0.254 e. The van der Waals surface area contributed by atoms with Gasteiger partial charge in [-0.1, -0.05) is 48.5 Å². The zero-order chi connectivity index (χ0) is 19.3. The predicted molar refractivity (Wildman–Crippen MR) is 104 cm³/mol. The lowest BCUT2D eigenvalue weighted by atomic mass is 9.87. The summed E-state index contributed by atoms with van der Waals surface area (Å²) in [5.74, 6) is 0.588. The summed E-state index contributed by atoms with van der Waals surface area (Å²) < 4.78 is 0. The second-order valence-corrected chi connectivity index (χ2v) is 7.17. The Bertz CT molecular complexity index is 906. The average Bonchev–Trinajstić information content (AvgIpc) is 3.29. The van der Waals surface area contributed by atoms with Gasteiger partial charge in [-0.2, -0.15) is 5.21 Å². The Morgan fingerprint density at radius 3 is 2.54 bits per heavy atom. The molecule has 28 heavy (non-hydrogen) atoms. The van der Waals surface area contributed by atoms with Crippen LogP contribution in [0.15, 0.2) is 54.6 Å². The van der Waals surface area contributed by atoms with Crippen LogP contribution in [0.2, 0.25) is 0 Å². The van der Waals surface area contributed by atoms with Crippen molar-refractivity contribution < 1.29 is 9.90 Å². The molecular weight excluding hydrogens is 354 g/mol. The number of aromatic nitrogens is 4. The number of hydrogen-bond donors (Lipinski definition) is 2. The van der Waals surface area contributed by atoms with Crippen LogP contribution in [-0.4, -0.2) is 55.7 Å². The highest BCUT2D eigenvalue weighted by Gasteiger charge is 2.29. The zero-order valence-electron chi connectivity index (χ0n) is 15.5. The van der Waals surface area contributed by atoms with Crippen molar-refractivity contribution in [2.24, 2.45) is 5.92 Å². The van der Waals surface area contributed by atoms with Gasteiger partial charge in [-0.3, -0.25) is 4.79 Å². The number of benzene rings is 2. The van der Waals surface area contributed by atoms with E-state index in [2.05, 4.69) is 20.6 Å². The van der Waals surface area contributed by atoms with E-state index in [1.165, 1.54) is 0 Å². The van der Waals surface area contributed by atoms with Crippen molar-refractivity contribution in [3.05, 3.63) is 65.7 Å². The normalized spacial score (nSPS) is 16.1. The fraction of sp³-hybridized carbons (Fsp3) is 0.333. The third kappa shape index (κ3) is 3.94. The van der Waals surface area contributed by atoms with Gasteiger partial charge in [0.05, 0.1) is 11.7 Å². The Hall–Kier alpha value is -3.06. The van der Waals surface area contributed by atoms with Crippen LogP contribution in [-0.2, 0) is 6.42 Å². The summed E-state index contributed by atoms with van der Waals surface area (Å²) in [5.41, 5.74) is 2.39. The molecule has 0 aliphatic carbocycles. The van der Waals surface area contributed by atoms with Gasteiger partial charge in [0.2, 0.25) is 5.82 Å². The van der Waals surface area contributed by atoms with Gasteiger partial charge in [0, 0.05) is 18.7 Å². The smallest absolute Gasteiger partial charge is 0.254 e. The molecule has 2 aromatic carbocycles. The van der Waals surface area contributed by atoms with Crippen LogP contribution >= 0.6 is 0 Å². The van der Waals surface area contributed by atoms with Gasteiger partial charge in [0.15, 0.2) is 0 Å². The van der Waals surface area contributed by atoms with Crippen LogP contribution in [0.5, 0.6) is 0 Å². The van der Waals surface area contributed by atoms with E-state index in [4.69, 9.17) is 0 Å². The number of rotatable bonds is 5. The first kappa shape index (κ1) is 18.3. The van der Waals surface area contributed by atoms with Crippen LogP contribution in [0.3, 0.4) is 0 Å². The number of H-pyrrole nitrogens is 1. The summed E-state index contributed by atoms with van der Waals surface area (Å²) in [5, 5.41) is 24.6. The highest BCUT2D eigenvalue weighted by molar-refractivity contribution is 6.00. The van der Waals surface area contributed by atoms with Crippen molar-refractivity contribution in [2.75, 3.05) is 13.1 Å². The Morgan fingerprint density at radius 2 is 1.82 bits per heavy atom. The quantitative estimate of drug-likeness (QED) is 0.712. The Labute approximate surface area is 163 Å². The molecule has 1 aromatic heterocycles. The maximum absolute atomic E-state index is 13.1. The van der Waals surface area contributed by atoms with Gasteiger partial charge < -0.3 is 10.0 Å². The van der Waals surface area contributed by atoms with Gasteiger partial charge in [-0.25, -0.2) is 0 Å². The Balaban J connectivity index is 1.40. The molecule has 4 rings (SSSR count). The molecule has 1 aliphatic heterocycles. The molecule has 1 fully saturated rings. The number of carbonyl (C=O) groups excluding carboxylic acids is 1. The molecule has 1 saturated heterocycles. The topological polar surface area (TPSA) is 95.0 Å². The molecule has 1 atom stereocenters. The van der Waals surface area contributed by atoms with Crippen molar-refractivity contribution in [3.63, 3.8) is 0 Å². The minimum Gasteiger partial charge on any atom is -0.392 e. The van der Waals surface area contributed by atoms with Gasteiger partial charge in [0.1, 0.15) is 0 Å². The monoisotopic (exact) mass is 377 g/mol. The van der Waals surface area contributed by atoms with Crippen molar-refractivity contribution in [1.29, 1.82) is 0 Å². The highest BCUT2D eigenvalue weighted by atomic mass is 16.3. The third-order valence-corrected chi connectivity index (χ3v) is 5.40. The lowest BCUT2D eigenvalue weighted by Crippen LogP contribution is -2.41. The largest absolute Gasteiger partial charge is 0.392 e. The van der Waals surface area contributed by atoms with E-state index in [9.17, 15) is 9.90 Å². The van der Waals surface area contributed by atoms with Gasteiger partial charge >= 0.3 is 0 Å². The number of nitrogens with one attached hydrogen (secondary N) is 1.